The molecule has 0 unspecified atom stereocenters. The van der Waals surface area contributed by atoms with Crippen LogP contribution in [0.2, 0.25) is 0 Å². The fourth-order valence-electron chi connectivity index (χ4n) is 1.99. The number of hydrogen-bond acceptors (Lipinski definition) is 3. The molecule has 0 saturated carbocycles. The lowest BCUT2D eigenvalue weighted by Gasteiger charge is -2.16. The topological polar surface area (TPSA) is 55.6 Å². The summed E-state index contributed by atoms with van der Waals surface area (Å²) in [5.41, 5.74) is 7.49. The van der Waals surface area contributed by atoms with E-state index in [1.807, 2.05) is 25.1 Å². The Morgan fingerprint density at radius 1 is 1.50 bits per heavy atom. The maximum atomic E-state index is 11.7. The Balaban J connectivity index is 2.27. The SMILES string of the molecule is CCOc1ccc2c(c1)CC(=O)N2CCN. The van der Waals surface area contributed by atoms with Crippen LogP contribution in [0.25, 0.3) is 0 Å². The predicted octanol–water partition coefficient (Wildman–Crippen LogP) is 0.933. The van der Waals surface area contributed by atoms with Gasteiger partial charge in [-0.25, -0.2) is 0 Å². The second-order valence-electron chi connectivity index (χ2n) is 3.73. The van der Waals surface area contributed by atoms with Gasteiger partial charge in [0.1, 0.15) is 5.75 Å². The molecule has 0 spiro atoms. The second-order valence-corrected chi connectivity index (χ2v) is 3.73. The Bertz CT molecular complexity index is 404. The standard InChI is InChI=1S/C12H16N2O2/c1-2-16-10-3-4-11-9(7-10)8-12(15)14(11)6-5-13/h3-4,7H,2,5-6,8,13H2,1H3. The van der Waals surface area contributed by atoms with Crippen molar-refractivity contribution in [2.75, 3.05) is 24.6 Å². The first kappa shape index (κ1) is 11.0. The highest BCUT2D eigenvalue weighted by atomic mass is 16.5. The molecule has 0 radical (unpaired) electrons. The van der Waals surface area contributed by atoms with Crippen LogP contribution >= 0.6 is 0 Å². The van der Waals surface area contributed by atoms with Gasteiger partial charge in [0.25, 0.3) is 0 Å². The molecule has 0 saturated heterocycles. The number of benzene rings is 1. The summed E-state index contributed by atoms with van der Waals surface area (Å²) >= 11 is 0. The first-order chi connectivity index (χ1) is 7.76. The molecular formula is C12H16N2O2. The molecule has 1 aromatic rings. The van der Waals surface area contributed by atoms with E-state index in [1.54, 1.807) is 4.90 Å². The molecule has 0 atom stereocenters. The van der Waals surface area contributed by atoms with Gasteiger partial charge in [-0.05, 0) is 30.7 Å². The number of carbonyl (C=O) groups is 1. The molecule has 0 bridgehead atoms. The van der Waals surface area contributed by atoms with Crippen LogP contribution < -0.4 is 15.4 Å². The fourth-order valence-corrected chi connectivity index (χ4v) is 1.99. The monoisotopic (exact) mass is 220 g/mol. The van der Waals surface area contributed by atoms with E-state index in [0.29, 0.717) is 26.1 Å². The van der Waals surface area contributed by atoms with Crippen molar-refractivity contribution in [1.29, 1.82) is 0 Å². The van der Waals surface area contributed by atoms with Gasteiger partial charge < -0.3 is 15.4 Å². The van der Waals surface area contributed by atoms with Gasteiger partial charge in [-0.2, -0.15) is 0 Å². The van der Waals surface area contributed by atoms with E-state index in [9.17, 15) is 4.79 Å². The largest absolute Gasteiger partial charge is 0.494 e. The number of rotatable bonds is 4. The molecule has 1 heterocycles. The van der Waals surface area contributed by atoms with Crippen LogP contribution in [0.4, 0.5) is 5.69 Å². The lowest BCUT2D eigenvalue weighted by Crippen LogP contribution is -2.31. The molecule has 0 fully saturated rings. The summed E-state index contributed by atoms with van der Waals surface area (Å²) in [5.74, 6) is 0.942. The molecule has 1 amide bonds. The average molecular weight is 220 g/mol. The number of hydrogen-bond donors (Lipinski definition) is 1. The Morgan fingerprint density at radius 2 is 2.31 bits per heavy atom. The van der Waals surface area contributed by atoms with Gasteiger partial charge in [-0.1, -0.05) is 0 Å². The van der Waals surface area contributed by atoms with Gasteiger partial charge >= 0.3 is 0 Å². The van der Waals surface area contributed by atoms with Crippen LogP contribution in [0.3, 0.4) is 0 Å². The minimum Gasteiger partial charge on any atom is -0.494 e. The quantitative estimate of drug-likeness (QED) is 0.821. The van der Waals surface area contributed by atoms with Gasteiger partial charge in [-0.15, -0.1) is 0 Å². The van der Waals surface area contributed by atoms with Gasteiger partial charge in [0, 0.05) is 18.8 Å². The first-order valence-electron chi connectivity index (χ1n) is 5.52. The van der Waals surface area contributed by atoms with E-state index in [4.69, 9.17) is 10.5 Å². The summed E-state index contributed by atoms with van der Waals surface area (Å²) in [4.78, 5) is 13.5. The second kappa shape index (κ2) is 4.53. The van der Waals surface area contributed by atoms with E-state index in [0.717, 1.165) is 17.0 Å². The van der Waals surface area contributed by atoms with Crippen molar-refractivity contribution >= 4 is 11.6 Å². The van der Waals surface area contributed by atoms with E-state index in [-0.39, 0.29) is 5.91 Å². The third-order valence-corrected chi connectivity index (χ3v) is 2.65. The number of anilines is 1. The Kier molecular flexibility index (Phi) is 3.10. The summed E-state index contributed by atoms with van der Waals surface area (Å²) in [6.45, 7) is 3.65. The molecule has 1 aliphatic heterocycles. The van der Waals surface area contributed by atoms with Crippen molar-refractivity contribution < 1.29 is 9.53 Å². The van der Waals surface area contributed by atoms with Gasteiger partial charge in [0.15, 0.2) is 0 Å². The molecule has 0 aromatic heterocycles. The summed E-state index contributed by atoms with van der Waals surface area (Å²) in [5, 5.41) is 0. The van der Waals surface area contributed by atoms with Crippen molar-refractivity contribution in [2.45, 2.75) is 13.3 Å². The Labute approximate surface area is 95.0 Å². The van der Waals surface area contributed by atoms with Crippen molar-refractivity contribution in [1.82, 2.24) is 0 Å². The van der Waals surface area contributed by atoms with Crippen molar-refractivity contribution in [2.24, 2.45) is 5.73 Å². The highest BCUT2D eigenvalue weighted by Crippen LogP contribution is 2.31. The van der Waals surface area contributed by atoms with Crippen LogP contribution in [0.15, 0.2) is 18.2 Å². The highest BCUT2D eigenvalue weighted by Gasteiger charge is 2.26. The molecule has 4 nitrogen and oxygen atoms in total. The Hall–Kier alpha value is -1.55. The zero-order valence-corrected chi connectivity index (χ0v) is 9.40. The third kappa shape index (κ3) is 1.88. The average Bonchev–Trinajstić information content (AvgIpc) is 2.56. The van der Waals surface area contributed by atoms with E-state index in [2.05, 4.69) is 0 Å². The molecule has 1 aliphatic rings. The number of nitrogens with zero attached hydrogens (tertiary/aromatic N) is 1. The lowest BCUT2D eigenvalue weighted by molar-refractivity contribution is -0.117. The lowest BCUT2D eigenvalue weighted by atomic mass is 10.1. The van der Waals surface area contributed by atoms with E-state index in [1.165, 1.54) is 0 Å². The number of amides is 1. The first-order valence-corrected chi connectivity index (χ1v) is 5.52. The molecular weight excluding hydrogens is 204 g/mol. The molecule has 86 valence electrons. The zero-order valence-electron chi connectivity index (χ0n) is 9.40. The van der Waals surface area contributed by atoms with Crippen LogP contribution in [-0.4, -0.2) is 25.6 Å². The fraction of sp³-hybridized carbons (Fsp3) is 0.417. The van der Waals surface area contributed by atoms with Crippen LogP contribution in [0.5, 0.6) is 5.75 Å². The smallest absolute Gasteiger partial charge is 0.231 e. The van der Waals surface area contributed by atoms with E-state index < -0.39 is 0 Å². The third-order valence-electron chi connectivity index (χ3n) is 2.65. The molecule has 0 aliphatic carbocycles. The van der Waals surface area contributed by atoms with Gasteiger partial charge in [0.2, 0.25) is 5.91 Å². The van der Waals surface area contributed by atoms with Crippen molar-refractivity contribution in [3.63, 3.8) is 0 Å². The van der Waals surface area contributed by atoms with Crippen LogP contribution in [0.1, 0.15) is 12.5 Å². The van der Waals surface area contributed by atoms with Crippen molar-refractivity contribution in [3.05, 3.63) is 23.8 Å². The minimum absolute atomic E-state index is 0.120. The predicted molar refractivity (Wildman–Crippen MR) is 62.7 cm³/mol. The number of carbonyl (C=O) groups excluding carboxylic acids is 1. The summed E-state index contributed by atoms with van der Waals surface area (Å²) in [6.07, 6.45) is 0.455. The maximum Gasteiger partial charge on any atom is 0.231 e. The van der Waals surface area contributed by atoms with Gasteiger partial charge in [-0.3, -0.25) is 4.79 Å². The summed E-state index contributed by atoms with van der Waals surface area (Å²) in [7, 11) is 0. The van der Waals surface area contributed by atoms with Crippen LogP contribution in [-0.2, 0) is 11.2 Å². The maximum absolute atomic E-state index is 11.7. The van der Waals surface area contributed by atoms with Crippen LogP contribution in [0, 0.1) is 0 Å². The van der Waals surface area contributed by atoms with E-state index >= 15 is 0 Å². The summed E-state index contributed by atoms with van der Waals surface area (Å²) < 4.78 is 5.41. The molecule has 2 rings (SSSR count). The molecule has 1 aromatic carbocycles. The van der Waals surface area contributed by atoms with Crippen molar-refractivity contribution in [3.8, 4) is 5.75 Å². The number of nitrogens with two attached hydrogens (primary N) is 1. The molecule has 16 heavy (non-hydrogen) atoms. The number of ether oxygens (including phenoxy) is 1. The minimum atomic E-state index is 0.120. The zero-order chi connectivity index (χ0) is 11.5. The molecule has 2 N–H and O–H groups in total. The Morgan fingerprint density at radius 3 is 3.00 bits per heavy atom. The number of fused-ring (bicyclic) bond motifs is 1. The molecule has 4 heteroatoms. The normalized spacial score (nSPS) is 14.1. The highest BCUT2D eigenvalue weighted by molar-refractivity contribution is 6.01. The van der Waals surface area contributed by atoms with Gasteiger partial charge in [0.05, 0.1) is 13.0 Å². The summed E-state index contributed by atoms with van der Waals surface area (Å²) in [6, 6.07) is 5.76.